The zero-order chi connectivity index (χ0) is 15.4. The van der Waals surface area contributed by atoms with Gasteiger partial charge in [0.25, 0.3) is 10.2 Å². The third-order valence-electron chi connectivity index (χ3n) is 3.14. The summed E-state index contributed by atoms with van der Waals surface area (Å²) in [6, 6.07) is 0. The van der Waals surface area contributed by atoms with E-state index in [1.807, 2.05) is 0 Å². The summed E-state index contributed by atoms with van der Waals surface area (Å²) in [5.74, 6) is -0.772. The molecule has 7 nitrogen and oxygen atoms in total. The lowest BCUT2D eigenvalue weighted by atomic mass is 10.0. The second-order valence-electron chi connectivity index (χ2n) is 5.60. The number of piperidine rings is 1. The average molecular weight is 308 g/mol. The molecule has 1 aliphatic rings. The number of carbonyl (C=O) groups is 1. The van der Waals surface area contributed by atoms with E-state index in [2.05, 4.69) is 4.72 Å². The normalized spacial score (nSPS) is 21.7. The minimum absolute atomic E-state index is 0.121. The molecule has 0 radical (unpaired) electrons. The summed E-state index contributed by atoms with van der Waals surface area (Å²) in [5, 5.41) is 9.15. The van der Waals surface area contributed by atoms with Crippen molar-refractivity contribution >= 4 is 16.2 Å². The highest BCUT2D eigenvalue weighted by molar-refractivity contribution is 7.87. The summed E-state index contributed by atoms with van der Waals surface area (Å²) < 4.78 is 33.1. The SMILES string of the molecule is CCOC(=O)C1CCCN(S(=O)(=O)NC(C)(C)CO)C1. The lowest BCUT2D eigenvalue weighted by molar-refractivity contribution is -0.149. The molecule has 1 atom stereocenters. The molecule has 1 rings (SSSR count). The van der Waals surface area contributed by atoms with Crippen LogP contribution < -0.4 is 4.72 Å². The molecule has 1 saturated heterocycles. The van der Waals surface area contributed by atoms with Gasteiger partial charge in [0, 0.05) is 13.1 Å². The first-order valence-corrected chi connectivity index (χ1v) is 8.22. The maximum atomic E-state index is 12.2. The molecule has 0 aliphatic carbocycles. The van der Waals surface area contributed by atoms with Crippen molar-refractivity contribution in [2.75, 3.05) is 26.3 Å². The van der Waals surface area contributed by atoms with E-state index in [0.717, 1.165) is 0 Å². The molecule has 0 aromatic rings. The van der Waals surface area contributed by atoms with Crippen LogP contribution in [0.1, 0.15) is 33.6 Å². The number of carbonyl (C=O) groups excluding carboxylic acids is 1. The van der Waals surface area contributed by atoms with Crippen LogP contribution in [0, 0.1) is 5.92 Å². The van der Waals surface area contributed by atoms with Crippen LogP contribution in [0.4, 0.5) is 0 Å². The average Bonchev–Trinajstić information content (AvgIpc) is 2.38. The Bertz CT molecular complexity index is 435. The Hall–Kier alpha value is -0.700. The first-order chi connectivity index (χ1) is 9.22. The Morgan fingerprint density at radius 1 is 1.50 bits per heavy atom. The molecule has 2 N–H and O–H groups in total. The van der Waals surface area contributed by atoms with Gasteiger partial charge in [0.2, 0.25) is 0 Å². The third kappa shape index (κ3) is 4.69. The number of rotatable bonds is 6. The van der Waals surface area contributed by atoms with Crippen LogP contribution in [0.25, 0.3) is 0 Å². The van der Waals surface area contributed by atoms with E-state index in [0.29, 0.717) is 19.4 Å². The van der Waals surface area contributed by atoms with Gasteiger partial charge in [0.15, 0.2) is 0 Å². The molecule has 0 amide bonds. The van der Waals surface area contributed by atoms with E-state index in [4.69, 9.17) is 9.84 Å². The van der Waals surface area contributed by atoms with Crippen molar-refractivity contribution in [2.24, 2.45) is 5.92 Å². The van der Waals surface area contributed by atoms with Crippen LogP contribution in [0.3, 0.4) is 0 Å². The summed E-state index contributed by atoms with van der Waals surface area (Å²) in [6.45, 7) is 5.39. The van der Waals surface area contributed by atoms with Crippen molar-refractivity contribution in [1.29, 1.82) is 0 Å². The molecule has 0 saturated carbocycles. The first-order valence-electron chi connectivity index (χ1n) is 6.78. The van der Waals surface area contributed by atoms with Gasteiger partial charge in [-0.05, 0) is 33.6 Å². The molecule has 0 spiro atoms. The summed E-state index contributed by atoms with van der Waals surface area (Å²) in [7, 11) is -3.72. The lowest BCUT2D eigenvalue weighted by Crippen LogP contribution is -2.54. The maximum absolute atomic E-state index is 12.2. The molecule has 8 heteroatoms. The monoisotopic (exact) mass is 308 g/mol. The Morgan fingerprint density at radius 3 is 2.70 bits per heavy atom. The van der Waals surface area contributed by atoms with E-state index < -0.39 is 21.7 Å². The van der Waals surface area contributed by atoms with Crippen LogP contribution >= 0.6 is 0 Å². The van der Waals surface area contributed by atoms with Crippen molar-refractivity contribution in [3.8, 4) is 0 Å². The number of nitrogens with zero attached hydrogens (tertiary/aromatic N) is 1. The van der Waals surface area contributed by atoms with Gasteiger partial charge in [0.05, 0.1) is 24.7 Å². The molecule has 118 valence electrons. The summed E-state index contributed by atoms with van der Waals surface area (Å²) in [5.41, 5.74) is -0.935. The van der Waals surface area contributed by atoms with Crippen LogP contribution in [0.15, 0.2) is 0 Å². The van der Waals surface area contributed by atoms with Crippen molar-refractivity contribution < 1.29 is 23.1 Å². The van der Waals surface area contributed by atoms with E-state index in [1.54, 1.807) is 20.8 Å². The van der Waals surface area contributed by atoms with Gasteiger partial charge in [-0.15, -0.1) is 0 Å². The first kappa shape index (κ1) is 17.4. The van der Waals surface area contributed by atoms with Gasteiger partial charge in [-0.2, -0.15) is 17.4 Å². The van der Waals surface area contributed by atoms with Gasteiger partial charge >= 0.3 is 5.97 Å². The predicted octanol–water partition coefficient (Wildman–Crippen LogP) is -0.133. The molecule has 1 fully saturated rings. The fraction of sp³-hybridized carbons (Fsp3) is 0.917. The molecule has 20 heavy (non-hydrogen) atoms. The second kappa shape index (κ2) is 6.84. The zero-order valence-corrected chi connectivity index (χ0v) is 13.1. The minimum atomic E-state index is -3.72. The molecular formula is C12H24N2O5S. The highest BCUT2D eigenvalue weighted by Crippen LogP contribution is 2.20. The number of ether oxygens (including phenoxy) is 1. The van der Waals surface area contributed by atoms with Gasteiger partial charge in [0.1, 0.15) is 0 Å². The van der Waals surface area contributed by atoms with Crippen LogP contribution in [-0.2, 0) is 19.7 Å². The van der Waals surface area contributed by atoms with Gasteiger partial charge < -0.3 is 9.84 Å². The van der Waals surface area contributed by atoms with Crippen LogP contribution in [0.2, 0.25) is 0 Å². The molecule has 0 aromatic heterocycles. The van der Waals surface area contributed by atoms with Crippen molar-refractivity contribution in [3.05, 3.63) is 0 Å². The highest BCUT2D eigenvalue weighted by Gasteiger charge is 2.35. The smallest absolute Gasteiger partial charge is 0.310 e. The predicted molar refractivity (Wildman–Crippen MR) is 74.2 cm³/mol. The van der Waals surface area contributed by atoms with E-state index in [9.17, 15) is 13.2 Å². The Morgan fingerprint density at radius 2 is 2.15 bits per heavy atom. The fourth-order valence-corrected chi connectivity index (χ4v) is 3.70. The number of hydrogen-bond donors (Lipinski definition) is 2. The number of aliphatic hydroxyl groups is 1. The van der Waals surface area contributed by atoms with Crippen molar-refractivity contribution in [2.45, 2.75) is 39.2 Å². The fourth-order valence-electron chi connectivity index (χ4n) is 2.06. The quantitative estimate of drug-likeness (QED) is 0.666. The number of esters is 1. The summed E-state index contributed by atoms with van der Waals surface area (Å²) >= 11 is 0. The Labute approximate surface area is 120 Å². The largest absolute Gasteiger partial charge is 0.466 e. The number of aliphatic hydroxyl groups excluding tert-OH is 1. The van der Waals surface area contributed by atoms with Gasteiger partial charge in [-0.1, -0.05) is 0 Å². The molecular weight excluding hydrogens is 284 g/mol. The zero-order valence-electron chi connectivity index (χ0n) is 12.3. The maximum Gasteiger partial charge on any atom is 0.310 e. The minimum Gasteiger partial charge on any atom is -0.466 e. The number of hydrogen-bond acceptors (Lipinski definition) is 5. The summed E-state index contributed by atoms with van der Waals surface area (Å²) in [4.78, 5) is 11.7. The topological polar surface area (TPSA) is 95.9 Å². The summed E-state index contributed by atoms with van der Waals surface area (Å²) in [6.07, 6.45) is 1.25. The van der Waals surface area contributed by atoms with E-state index in [1.165, 1.54) is 4.31 Å². The molecule has 1 unspecified atom stereocenters. The standard InChI is InChI=1S/C12H24N2O5S/c1-4-19-11(16)10-6-5-7-14(8-10)20(17,18)13-12(2,3)9-15/h10,13,15H,4-9H2,1-3H3. The van der Waals surface area contributed by atoms with E-state index in [-0.39, 0.29) is 25.7 Å². The third-order valence-corrected chi connectivity index (χ3v) is 4.97. The molecule has 0 aromatic carbocycles. The molecule has 0 bridgehead atoms. The number of nitrogens with one attached hydrogen (secondary N) is 1. The second-order valence-corrected chi connectivity index (χ2v) is 7.27. The van der Waals surface area contributed by atoms with Crippen LogP contribution in [0.5, 0.6) is 0 Å². The van der Waals surface area contributed by atoms with E-state index >= 15 is 0 Å². The molecule has 1 heterocycles. The van der Waals surface area contributed by atoms with Crippen molar-refractivity contribution in [1.82, 2.24) is 9.03 Å². The van der Waals surface area contributed by atoms with Crippen LogP contribution in [-0.4, -0.2) is 55.6 Å². The Balaban J connectivity index is 2.73. The van der Waals surface area contributed by atoms with Crippen molar-refractivity contribution in [3.63, 3.8) is 0 Å². The molecule has 1 aliphatic heterocycles. The highest BCUT2D eigenvalue weighted by atomic mass is 32.2. The Kier molecular flexibility index (Phi) is 5.93. The van der Waals surface area contributed by atoms with Gasteiger partial charge in [-0.3, -0.25) is 4.79 Å². The lowest BCUT2D eigenvalue weighted by Gasteiger charge is -2.33. The van der Waals surface area contributed by atoms with Gasteiger partial charge in [-0.25, -0.2) is 0 Å².